The van der Waals surface area contributed by atoms with Crippen LogP contribution in [-0.2, 0) is 4.74 Å². The van der Waals surface area contributed by atoms with Crippen LogP contribution in [0.25, 0.3) is 0 Å². The molecule has 0 radical (unpaired) electrons. The molecule has 2 heterocycles. The van der Waals surface area contributed by atoms with Gasteiger partial charge in [-0.15, -0.1) is 0 Å². The van der Waals surface area contributed by atoms with Gasteiger partial charge in [0.05, 0.1) is 11.1 Å². The van der Waals surface area contributed by atoms with Crippen molar-refractivity contribution in [2.45, 2.75) is 12.5 Å². The molecule has 2 aliphatic heterocycles. The summed E-state index contributed by atoms with van der Waals surface area (Å²) < 4.78 is 5.51. The lowest BCUT2D eigenvalue weighted by molar-refractivity contribution is -0.289. The lowest BCUT2D eigenvalue weighted by Gasteiger charge is -2.40. The highest BCUT2D eigenvalue weighted by atomic mass is 16.6. The van der Waals surface area contributed by atoms with Crippen molar-refractivity contribution in [1.82, 2.24) is 10.4 Å². The molecule has 2 aliphatic rings. The minimum atomic E-state index is -0.651. The fourth-order valence-electron chi connectivity index (χ4n) is 2.79. The van der Waals surface area contributed by atoms with Gasteiger partial charge in [0.15, 0.2) is 24.0 Å². The van der Waals surface area contributed by atoms with E-state index in [1.165, 1.54) is 23.2 Å². The highest BCUT2D eigenvalue weighted by Crippen LogP contribution is 2.57. The average molecular weight is 300 g/mol. The molecule has 2 aromatic rings. The van der Waals surface area contributed by atoms with Gasteiger partial charge >= 0.3 is 0 Å². The van der Waals surface area contributed by atoms with E-state index in [1.54, 1.807) is 18.2 Å². The van der Waals surface area contributed by atoms with Gasteiger partial charge < -0.3 is 20.1 Å². The SMILES string of the molecule is O=C(NN1C2OC1c1c2ccc(O)c1O)c1ccccc1O. The Morgan fingerprint density at radius 2 is 1.82 bits per heavy atom. The molecule has 1 saturated heterocycles. The van der Waals surface area contributed by atoms with Gasteiger partial charge in [0.2, 0.25) is 0 Å². The predicted molar refractivity (Wildman–Crippen MR) is 73.8 cm³/mol. The largest absolute Gasteiger partial charge is 0.507 e. The number of para-hydroxylation sites is 1. The summed E-state index contributed by atoms with van der Waals surface area (Å²) in [5, 5.41) is 30.7. The van der Waals surface area contributed by atoms with E-state index in [9.17, 15) is 20.1 Å². The summed E-state index contributed by atoms with van der Waals surface area (Å²) in [6, 6.07) is 9.22. The number of amides is 1. The van der Waals surface area contributed by atoms with Crippen molar-refractivity contribution >= 4 is 5.91 Å². The quantitative estimate of drug-likeness (QED) is 0.627. The molecule has 2 bridgehead atoms. The Morgan fingerprint density at radius 3 is 2.59 bits per heavy atom. The van der Waals surface area contributed by atoms with Crippen molar-refractivity contribution in [3.8, 4) is 17.2 Å². The first-order valence-electron chi connectivity index (χ1n) is 6.65. The van der Waals surface area contributed by atoms with Crippen LogP contribution in [0.4, 0.5) is 0 Å². The number of carbonyl (C=O) groups is 1. The third-order valence-electron chi connectivity index (χ3n) is 3.88. The second-order valence-corrected chi connectivity index (χ2v) is 5.14. The van der Waals surface area contributed by atoms with Crippen molar-refractivity contribution < 1.29 is 24.9 Å². The van der Waals surface area contributed by atoms with Gasteiger partial charge in [0.1, 0.15) is 5.75 Å². The van der Waals surface area contributed by atoms with Crippen molar-refractivity contribution in [2.24, 2.45) is 0 Å². The Bertz CT molecular complexity index is 791. The van der Waals surface area contributed by atoms with Crippen molar-refractivity contribution in [2.75, 3.05) is 0 Å². The molecule has 22 heavy (non-hydrogen) atoms. The molecule has 1 fully saturated rings. The van der Waals surface area contributed by atoms with Crippen LogP contribution in [0, 0.1) is 0 Å². The molecule has 7 heteroatoms. The van der Waals surface area contributed by atoms with E-state index in [2.05, 4.69) is 5.43 Å². The Labute approximate surface area is 125 Å². The molecule has 4 rings (SSSR count). The molecule has 7 nitrogen and oxygen atoms in total. The van der Waals surface area contributed by atoms with E-state index in [0.717, 1.165) is 0 Å². The molecule has 112 valence electrons. The zero-order chi connectivity index (χ0) is 15.4. The van der Waals surface area contributed by atoms with E-state index >= 15 is 0 Å². The second-order valence-electron chi connectivity index (χ2n) is 5.14. The molecule has 1 amide bonds. The summed E-state index contributed by atoms with van der Waals surface area (Å²) in [7, 11) is 0. The molecule has 0 spiro atoms. The maximum atomic E-state index is 12.2. The summed E-state index contributed by atoms with van der Waals surface area (Å²) in [6.07, 6.45) is -1.16. The van der Waals surface area contributed by atoms with Crippen LogP contribution in [0.2, 0.25) is 0 Å². The Hall–Kier alpha value is -2.77. The first-order valence-corrected chi connectivity index (χ1v) is 6.65. The number of nitrogens with one attached hydrogen (secondary N) is 1. The third-order valence-corrected chi connectivity index (χ3v) is 3.88. The number of fused-ring (bicyclic) bond motifs is 5. The maximum absolute atomic E-state index is 12.2. The molecular formula is C15H12N2O5. The average Bonchev–Trinajstić information content (AvgIpc) is 3.02. The van der Waals surface area contributed by atoms with Crippen LogP contribution < -0.4 is 5.43 Å². The summed E-state index contributed by atoms with van der Waals surface area (Å²) in [6.45, 7) is 0. The molecule has 0 aromatic heterocycles. The highest BCUT2D eigenvalue weighted by molar-refractivity contribution is 5.96. The summed E-state index contributed by atoms with van der Waals surface area (Å²) in [5.74, 6) is -1.08. The van der Waals surface area contributed by atoms with E-state index in [4.69, 9.17) is 4.74 Å². The summed E-state index contributed by atoms with van der Waals surface area (Å²) >= 11 is 0. The zero-order valence-corrected chi connectivity index (χ0v) is 11.2. The van der Waals surface area contributed by atoms with Crippen LogP contribution in [0.1, 0.15) is 33.9 Å². The van der Waals surface area contributed by atoms with Gasteiger partial charge in [-0.1, -0.05) is 18.2 Å². The fraction of sp³-hybridized carbons (Fsp3) is 0.133. The number of hydrogen-bond donors (Lipinski definition) is 4. The van der Waals surface area contributed by atoms with E-state index < -0.39 is 18.4 Å². The first kappa shape index (κ1) is 12.9. The molecule has 4 N–H and O–H groups in total. The van der Waals surface area contributed by atoms with Crippen LogP contribution in [0.5, 0.6) is 17.2 Å². The van der Waals surface area contributed by atoms with Crippen LogP contribution >= 0.6 is 0 Å². The normalized spacial score (nSPS) is 22.0. The minimum Gasteiger partial charge on any atom is -0.507 e. The van der Waals surface area contributed by atoms with Gasteiger partial charge in [0.25, 0.3) is 5.91 Å². The molecule has 2 aromatic carbocycles. The fourth-order valence-corrected chi connectivity index (χ4v) is 2.79. The number of hydrazine groups is 1. The third kappa shape index (κ3) is 1.60. The minimum absolute atomic E-state index is 0.119. The number of ether oxygens (including phenoxy) is 1. The monoisotopic (exact) mass is 300 g/mol. The lowest BCUT2D eigenvalue weighted by Crippen LogP contribution is -2.51. The van der Waals surface area contributed by atoms with E-state index in [0.29, 0.717) is 11.1 Å². The van der Waals surface area contributed by atoms with E-state index in [-0.39, 0.29) is 22.8 Å². The Morgan fingerprint density at radius 1 is 1.05 bits per heavy atom. The Kier molecular flexibility index (Phi) is 2.56. The summed E-state index contributed by atoms with van der Waals surface area (Å²) in [5.41, 5.74) is 3.93. The van der Waals surface area contributed by atoms with Gasteiger partial charge in [-0.3, -0.25) is 10.2 Å². The molecule has 0 aliphatic carbocycles. The number of aromatic hydroxyl groups is 3. The topological polar surface area (TPSA) is 102 Å². The van der Waals surface area contributed by atoms with Crippen molar-refractivity contribution in [3.63, 3.8) is 0 Å². The van der Waals surface area contributed by atoms with Gasteiger partial charge in [-0.25, -0.2) is 0 Å². The first-order chi connectivity index (χ1) is 10.6. The summed E-state index contributed by atoms with van der Waals surface area (Å²) in [4.78, 5) is 12.2. The Balaban J connectivity index is 1.60. The van der Waals surface area contributed by atoms with Gasteiger partial charge in [-0.05, 0) is 18.2 Å². The number of hydrogen-bond acceptors (Lipinski definition) is 6. The lowest BCUT2D eigenvalue weighted by atomic mass is 10.1. The standard InChI is InChI=1S/C15H12N2O5/c18-9-4-2-1-3-7(9)13(21)16-17-14-8-5-6-10(19)12(20)11(8)15(17)22-14/h1-6,14-15,18-20H,(H,16,21). The van der Waals surface area contributed by atoms with Crippen molar-refractivity contribution in [1.29, 1.82) is 0 Å². The van der Waals surface area contributed by atoms with Gasteiger partial charge in [-0.2, -0.15) is 5.01 Å². The molecule has 0 saturated carbocycles. The smallest absolute Gasteiger partial charge is 0.269 e. The van der Waals surface area contributed by atoms with Crippen LogP contribution in [-0.4, -0.2) is 26.2 Å². The maximum Gasteiger partial charge on any atom is 0.269 e. The van der Waals surface area contributed by atoms with Gasteiger partial charge in [0, 0.05) is 5.56 Å². The predicted octanol–water partition coefficient (Wildman–Crippen LogP) is 1.49. The number of phenols is 3. The number of benzene rings is 2. The number of rotatable bonds is 2. The zero-order valence-electron chi connectivity index (χ0n) is 11.2. The van der Waals surface area contributed by atoms with Crippen LogP contribution in [0.3, 0.4) is 0 Å². The molecular weight excluding hydrogens is 288 g/mol. The number of carbonyl (C=O) groups excluding carboxylic acids is 1. The molecule has 2 unspecified atom stereocenters. The van der Waals surface area contributed by atoms with Crippen LogP contribution in [0.15, 0.2) is 36.4 Å². The van der Waals surface area contributed by atoms with E-state index in [1.807, 2.05) is 0 Å². The number of nitrogens with zero attached hydrogens (tertiary/aromatic N) is 1. The highest BCUT2D eigenvalue weighted by Gasteiger charge is 2.53. The second kappa shape index (κ2) is 4.36. The molecule has 2 atom stereocenters. The van der Waals surface area contributed by atoms with Crippen molar-refractivity contribution in [3.05, 3.63) is 53.1 Å². The number of phenolic OH excluding ortho intramolecular Hbond substituents is 3.